The molecule has 0 bridgehead atoms. The van der Waals surface area contributed by atoms with Crippen LogP contribution in [0.25, 0.3) is 11.2 Å². The van der Waals surface area contributed by atoms with Gasteiger partial charge in [-0.05, 0) is 30.9 Å². The van der Waals surface area contributed by atoms with Crippen LogP contribution in [0.15, 0.2) is 41.5 Å². The molecule has 3 N–H and O–H groups in total. The third-order valence-electron chi connectivity index (χ3n) is 4.44. The second-order valence-corrected chi connectivity index (χ2v) is 6.06. The van der Waals surface area contributed by atoms with Crippen molar-refractivity contribution in [3.63, 3.8) is 0 Å². The zero-order valence-electron chi connectivity index (χ0n) is 13.3. The smallest absolute Gasteiger partial charge is 0.279 e. The molecule has 126 valence electrons. The summed E-state index contributed by atoms with van der Waals surface area (Å²) in [5.41, 5.74) is 0.986. The summed E-state index contributed by atoms with van der Waals surface area (Å²) in [6, 6.07) is 9.03. The molecular formula is C18H16N4O3. The normalized spacial score (nSPS) is 22.7. The number of nitrogens with one attached hydrogen (secondary N) is 1. The van der Waals surface area contributed by atoms with Gasteiger partial charge in [-0.3, -0.25) is 9.78 Å². The number of imidazole rings is 1. The molecule has 2 heterocycles. The number of benzene rings is 1. The van der Waals surface area contributed by atoms with Gasteiger partial charge in [0, 0.05) is 5.56 Å². The van der Waals surface area contributed by atoms with Crippen LogP contribution in [-0.4, -0.2) is 41.9 Å². The van der Waals surface area contributed by atoms with Gasteiger partial charge in [0.15, 0.2) is 17.0 Å². The SMILES string of the molecule is O=c1[nH]c(C#Cc2ccccc2)nc2c1ncn2C1CC[C@H](O)C1O. The van der Waals surface area contributed by atoms with Crippen LogP contribution in [0.4, 0.5) is 0 Å². The quantitative estimate of drug-likeness (QED) is 0.564. The first-order valence-electron chi connectivity index (χ1n) is 8.03. The fourth-order valence-electron chi connectivity index (χ4n) is 3.12. The summed E-state index contributed by atoms with van der Waals surface area (Å²) in [5, 5.41) is 19.9. The molecule has 0 radical (unpaired) electrons. The van der Waals surface area contributed by atoms with E-state index in [1.165, 1.54) is 6.33 Å². The number of rotatable bonds is 1. The number of aliphatic hydroxyl groups is 2. The molecule has 1 aliphatic carbocycles. The topological polar surface area (TPSA) is 104 Å². The van der Waals surface area contributed by atoms with Crippen molar-refractivity contribution in [3.05, 3.63) is 58.4 Å². The van der Waals surface area contributed by atoms with Gasteiger partial charge in [0.1, 0.15) is 6.10 Å². The van der Waals surface area contributed by atoms with Crippen molar-refractivity contribution in [3.8, 4) is 11.8 Å². The molecule has 0 amide bonds. The van der Waals surface area contributed by atoms with Crippen molar-refractivity contribution >= 4 is 11.2 Å². The van der Waals surface area contributed by atoms with Gasteiger partial charge in [0.2, 0.25) is 0 Å². The summed E-state index contributed by atoms with van der Waals surface area (Å²) < 4.78 is 1.65. The molecule has 2 aromatic heterocycles. The van der Waals surface area contributed by atoms with Crippen LogP contribution in [0.3, 0.4) is 0 Å². The summed E-state index contributed by atoms with van der Waals surface area (Å²) in [7, 11) is 0. The number of H-pyrrole nitrogens is 1. The summed E-state index contributed by atoms with van der Waals surface area (Å²) >= 11 is 0. The standard InChI is InChI=1S/C18H16N4O3/c23-13-8-7-12(16(13)24)22-10-19-15-17(22)20-14(21-18(15)25)9-6-11-4-2-1-3-5-11/h1-5,10,12-13,16,23-24H,7-8H2,(H,20,21,25)/t12?,13-,16?/m0/s1. The van der Waals surface area contributed by atoms with Gasteiger partial charge in [-0.2, -0.15) is 0 Å². The minimum absolute atomic E-state index is 0.193. The van der Waals surface area contributed by atoms with Crippen molar-refractivity contribution in [2.75, 3.05) is 0 Å². The van der Waals surface area contributed by atoms with E-state index >= 15 is 0 Å². The lowest BCUT2D eigenvalue weighted by Gasteiger charge is -2.18. The summed E-state index contributed by atoms with van der Waals surface area (Å²) in [5.74, 6) is 6.03. The maximum Gasteiger partial charge on any atom is 0.279 e. The molecule has 7 nitrogen and oxygen atoms in total. The van der Waals surface area contributed by atoms with Crippen LogP contribution in [0.2, 0.25) is 0 Å². The lowest BCUT2D eigenvalue weighted by molar-refractivity contribution is 0.0241. The van der Waals surface area contributed by atoms with Crippen LogP contribution < -0.4 is 5.56 Å². The summed E-state index contributed by atoms with van der Waals surface area (Å²) in [4.78, 5) is 23.3. The van der Waals surface area contributed by atoms with E-state index < -0.39 is 12.2 Å². The summed E-state index contributed by atoms with van der Waals surface area (Å²) in [6.45, 7) is 0. The Labute approximate surface area is 143 Å². The van der Waals surface area contributed by atoms with Gasteiger partial charge < -0.3 is 14.8 Å². The minimum Gasteiger partial charge on any atom is -0.390 e. The van der Waals surface area contributed by atoms with Crippen molar-refractivity contribution in [1.29, 1.82) is 0 Å². The molecule has 25 heavy (non-hydrogen) atoms. The van der Waals surface area contributed by atoms with E-state index in [0.29, 0.717) is 18.5 Å². The van der Waals surface area contributed by atoms with E-state index in [0.717, 1.165) is 5.56 Å². The maximum absolute atomic E-state index is 12.2. The lowest BCUT2D eigenvalue weighted by atomic mass is 10.2. The number of fused-ring (bicyclic) bond motifs is 1. The van der Waals surface area contributed by atoms with Gasteiger partial charge in [0.05, 0.1) is 18.5 Å². The molecule has 0 spiro atoms. The maximum atomic E-state index is 12.2. The van der Waals surface area contributed by atoms with Crippen molar-refractivity contribution < 1.29 is 10.2 Å². The molecule has 0 saturated heterocycles. The van der Waals surface area contributed by atoms with Crippen molar-refractivity contribution in [2.24, 2.45) is 0 Å². The first-order valence-corrected chi connectivity index (χ1v) is 8.03. The Balaban J connectivity index is 1.77. The molecule has 1 aromatic carbocycles. The van der Waals surface area contributed by atoms with Gasteiger partial charge in [-0.1, -0.05) is 24.1 Å². The Morgan fingerprint density at radius 1 is 1.16 bits per heavy atom. The highest BCUT2D eigenvalue weighted by molar-refractivity contribution is 5.70. The van der Waals surface area contributed by atoms with Crippen LogP contribution in [0.5, 0.6) is 0 Å². The second-order valence-electron chi connectivity index (χ2n) is 6.06. The minimum atomic E-state index is -0.905. The molecule has 7 heteroatoms. The Kier molecular flexibility index (Phi) is 3.84. The van der Waals surface area contributed by atoms with Gasteiger partial charge in [-0.25, -0.2) is 9.97 Å². The zero-order chi connectivity index (χ0) is 17.4. The Morgan fingerprint density at radius 3 is 2.68 bits per heavy atom. The Morgan fingerprint density at radius 2 is 1.96 bits per heavy atom. The third-order valence-corrected chi connectivity index (χ3v) is 4.44. The third kappa shape index (κ3) is 2.82. The first kappa shape index (κ1) is 15.6. The van der Waals surface area contributed by atoms with E-state index in [-0.39, 0.29) is 22.9 Å². The van der Waals surface area contributed by atoms with Crippen molar-refractivity contribution in [2.45, 2.75) is 31.1 Å². The molecule has 1 fully saturated rings. The van der Waals surface area contributed by atoms with Crippen molar-refractivity contribution in [1.82, 2.24) is 19.5 Å². The van der Waals surface area contributed by atoms with Gasteiger partial charge in [0.25, 0.3) is 5.56 Å². The number of nitrogens with zero attached hydrogens (tertiary/aromatic N) is 3. The highest BCUT2D eigenvalue weighted by atomic mass is 16.3. The van der Waals surface area contributed by atoms with Crippen LogP contribution >= 0.6 is 0 Å². The molecule has 4 rings (SSSR count). The number of aromatic nitrogens is 4. The number of aromatic amines is 1. The van der Waals surface area contributed by atoms with Crippen LogP contribution in [-0.2, 0) is 0 Å². The highest BCUT2D eigenvalue weighted by Gasteiger charge is 2.35. The van der Waals surface area contributed by atoms with Crippen LogP contribution in [0, 0.1) is 11.8 Å². The fraction of sp³-hybridized carbons (Fsp3) is 0.278. The van der Waals surface area contributed by atoms with E-state index in [9.17, 15) is 15.0 Å². The lowest BCUT2D eigenvalue weighted by Crippen LogP contribution is -2.27. The average Bonchev–Trinajstić information content (AvgIpc) is 3.18. The molecule has 0 aliphatic heterocycles. The molecule has 3 atom stereocenters. The predicted octanol–water partition coefficient (Wildman–Crippen LogP) is 0.576. The number of hydrogen-bond acceptors (Lipinski definition) is 5. The monoisotopic (exact) mass is 336 g/mol. The predicted molar refractivity (Wildman–Crippen MR) is 90.9 cm³/mol. The number of hydrogen-bond donors (Lipinski definition) is 3. The van der Waals surface area contributed by atoms with E-state index in [1.807, 2.05) is 30.3 Å². The average molecular weight is 336 g/mol. The van der Waals surface area contributed by atoms with E-state index in [4.69, 9.17) is 0 Å². The second kappa shape index (κ2) is 6.16. The van der Waals surface area contributed by atoms with E-state index in [1.54, 1.807) is 4.57 Å². The number of aliphatic hydroxyl groups excluding tert-OH is 2. The molecular weight excluding hydrogens is 320 g/mol. The largest absolute Gasteiger partial charge is 0.390 e. The van der Waals surface area contributed by atoms with E-state index in [2.05, 4.69) is 26.8 Å². The zero-order valence-corrected chi connectivity index (χ0v) is 13.3. The fourth-order valence-corrected chi connectivity index (χ4v) is 3.12. The summed E-state index contributed by atoms with van der Waals surface area (Å²) in [6.07, 6.45) is 0.884. The highest BCUT2D eigenvalue weighted by Crippen LogP contribution is 2.31. The van der Waals surface area contributed by atoms with Gasteiger partial charge in [-0.15, -0.1) is 0 Å². The molecule has 1 saturated carbocycles. The molecule has 2 unspecified atom stereocenters. The van der Waals surface area contributed by atoms with Gasteiger partial charge >= 0.3 is 0 Å². The Bertz CT molecular complexity index is 1030. The molecule has 1 aliphatic rings. The Hall–Kier alpha value is -2.95. The van der Waals surface area contributed by atoms with Crippen LogP contribution in [0.1, 0.15) is 30.3 Å². The molecule has 3 aromatic rings. The first-order chi connectivity index (χ1) is 12.1.